The third kappa shape index (κ3) is 3.31. The SMILES string of the molecule is COc1ccc(C(=O)N(C)c2nc(-c3ccc(C)cc3)cs2)cc1. The van der Waals surface area contributed by atoms with Crippen molar-refractivity contribution in [2.45, 2.75) is 6.92 Å². The molecule has 0 aliphatic rings. The van der Waals surface area contributed by atoms with Gasteiger partial charge in [-0.25, -0.2) is 4.98 Å². The Kier molecular flexibility index (Phi) is 4.62. The molecule has 24 heavy (non-hydrogen) atoms. The number of hydrogen-bond acceptors (Lipinski definition) is 4. The molecule has 2 aromatic carbocycles. The number of nitrogens with zero attached hydrogens (tertiary/aromatic N) is 2. The van der Waals surface area contributed by atoms with E-state index in [1.54, 1.807) is 43.3 Å². The highest BCUT2D eigenvalue weighted by Crippen LogP contribution is 2.28. The van der Waals surface area contributed by atoms with Gasteiger partial charge in [0.1, 0.15) is 5.75 Å². The summed E-state index contributed by atoms with van der Waals surface area (Å²) in [4.78, 5) is 18.7. The first kappa shape index (κ1) is 16.2. The van der Waals surface area contributed by atoms with Crippen molar-refractivity contribution in [3.8, 4) is 17.0 Å². The zero-order chi connectivity index (χ0) is 17.1. The van der Waals surface area contributed by atoms with E-state index in [0.29, 0.717) is 10.7 Å². The van der Waals surface area contributed by atoms with Gasteiger partial charge in [-0.05, 0) is 31.2 Å². The molecule has 0 N–H and O–H groups in total. The number of benzene rings is 2. The lowest BCUT2D eigenvalue weighted by Crippen LogP contribution is -2.25. The van der Waals surface area contributed by atoms with Gasteiger partial charge in [-0.15, -0.1) is 11.3 Å². The number of anilines is 1. The van der Waals surface area contributed by atoms with Crippen LogP contribution < -0.4 is 9.64 Å². The van der Waals surface area contributed by atoms with E-state index in [1.807, 2.05) is 17.5 Å². The molecule has 122 valence electrons. The largest absolute Gasteiger partial charge is 0.497 e. The van der Waals surface area contributed by atoms with Crippen molar-refractivity contribution in [1.82, 2.24) is 4.98 Å². The fraction of sp³-hybridized carbons (Fsp3) is 0.158. The number of thiazole rings is 1. The zero-order valence-electron chi connectivity index (χ0n) is 13.8. The monoisotopic (exact) mass is 338 g/mol. The lowest BCUT2D eigenvalue weighted by atomic mass is 10.1. The van der Waals surface area contributed by atoms with Crippen LogP contribution in [0.5, 0.6) is 5.75 Å². The van der Waals surface area contributed by atoms with Crippen LogP contribution in [0.4, 0.5) is 5.13 Å². The minimum absolute atomic E-state index is 0.0949. The second-order valence-corrected chi connectivity index (χ2v) is 6.31. The molecule has 4 nitrogen and oxygen atoms in total. The van der Waals surface area contributed by atoms with Crippen LogP contribution in [0.2, 0.25) is 0 Å². The molecule has 5 heteroatoms. The van der Waals surface area contributed by atoms with Crippen molar-refractivity contribution in [3.05, 3.63) is 65.0 Å². The van der Waals surface area contributed by atoms with Crippen LogP contribution in [-0.2, 0) is 0 Å². The lowest BCUT2D eigenvalue weighted by molar-refractivity contribution is 0.0993. The third-order valence-corrected chi connectivity index (χ3v) is 4.69. The highest BCUT2D eigenvalue weighted by atomic mass is 32.1. The van der Waals surface area contributed by atoms with Gasteiger partial charge in [0.25, 0.3) is 5.91 Å². The van der Waals surface area contributed by atoms with E-state index in [1.165, 1.54) is 16.9 Å². The Morgan fingerprint density at radius 2 is 1.75 bits per heavy atom. The molecule has 0 saturated carbocycles. The van der Waals surface area contributed by atoms with E-state index in [9.17, 15) is 4.79 Å². The van der Waals surface area contributed by atoms with Gasteiger partial charge in [-0.1, -0.05) is 29.8 Å². The minimum Gasteiger partial charge on any atom is -0.497 e. The van der Waals surface area contributed by atoms with Gasteiger partial charge in [-0.3, -0.25) is 9.69 Å². The maximum atomic E-state index is 12.6. The first-order valence-corrected chi connectivity index (χ1v) is 8.41. The van der Waals surface area contributed by atoms with Gasteiger partial charge in [0.15, 0.2) is 5.13 Å². The quantitative estimate of drug-likeness (QED) is 0.708. The Balaban J connectivity index is 1.80. The third-order valence-electron chi connectivity index (χ3n) is 3.77. The molecule has 0 bridgehead atoms. The second-order valence-electron chi connectivity index (χ2n) is 5.47. The van der Waals surface area contributed by atoms with Gasteiger partial charge >= 0.3 is 0 Å². The number of carbonyl (C=O) groups excluding carboxylic acids is 1. The molecular weight excluding hydrogens is 320 g/mol. The topological polar surface area (TPSA) is 42.4 Å². The predicted octanol–water partition coefficient (Wildman–Crippen LogP) is 4.40. The van der Waals surface area contributed by atoms with Gasteiger partial charge in [-0.2, -0.15) is 0 Å². The average molecular weight is 338 g/mol. The molecule has 0 fully saturated rings. The number of carbonyl (C=O) groups is 1. The van der Waals surface area contributed by atoms with Crippen LogP contribution in [-0.4, -0.2) is 25.0 Å². The number of aryl methyl sites for hydroxylation is 1. The first-order chi connectivity index (χ1) is 11.6. The Labute approximate surface area is 145 Å². The average Bonchev–Trinajstić information content (AvgIpc) is 3.11. The van der Waals surface area contributed by atoms with Crippen molar-refractivity contribution in [3.63, 3.8) is 0 Å². The number of amides is 1. The molecule has 3 aromatic rings. The highest BCUT2D eigenvalue weighted by molar-refractivity contribution is 7.14. The van der Waals surface area contributed by atoms with Crippen LogP contribution in [0.15, 0.2) is 53.9 Å². The van der Waals surface area contributed by atoms with Crippen LogP contribution in [0.1, 0.15) is 15.9 Å². The molecule has 0 spiro atoms. The van der Waals surface area contributed by atoms with Crippen molar-refractivity contribution in [1.29, 1.82) is 0 Å². The lowest BCUT2D eigenvalue weighted by Gasteiger charge is -2.14. The van der Waals surface area contributed by atoms with E-state index < -0.39 is 0 Å². The zero-order valence-corrected chi connectivity index (χ0v) is 14.6. The van der Waals surface area contributed by atoms with Crippen molar-refractivity contribution >= 4 is 22.4 Å². The van der Waals surface area contributed by atoms with Gasteiger partial charge < -0.3 is 4.74 Å². The number of rotatable bonds is 4. The maximum absolute atomic E-state index is 12.6. The number of ether oxygens (including phenoxy) is 1. The number of hydrogen-bond donors (Lipinski definition) is 0. The Morgan fingerprint density at radius 3 is 2.38 bits per heavy atom. The number of methoxy groups -OCH3 is 1. The van der Waals surface area contributed by atoms with E-state index in [4.69, 9.17) is 4.74 Å². The number of aromatic nitrogens is 1. The summed E-state index contributed by atoms with van der Waals surface area (Å²) in [6.07, 6.45) is 0. The summed E-state index contributed by atoms with van der Waals surface area (Å²) >= 11 is 1.46. The van der Waals surface area contributed by atoms with Crippen molar-refractivity contribution < 1.29 is 9.53 Å². The fourth-order valence-electron chi connectivity index (χ4n) is 2.29. The molecule has 3 rings (SSSR count). The van der Waals surface area contributed by atoms with Crippen molar-refractivity contribution in [2.75, 3.05) is 19.1 Å². The molecule has 0 aliphatic carbocycles. The maximum Gasteiger partial charge on any atom is 0.259 e. The summed E-state index contributed by atoms with van der Waals surface area (Å²) in [5.74, 6) is 0.632. The molecule has 0 aliphatic heterocycles. The summed E-state index contributed by atoms with van der Waals surface area (Å²) in [6, 6.07) is 15.3. The van der Waals surface area contributed by atoms with E-state index in [2.05, 4.69) is 24.0 Å². The molecule has 0 saturated heterocycles. The highest BCUT2D eigenvalue weighted by Gasteiger charge is 2.17. The van der Waals surface area contributed by atoms with Gasteiger partial charge in [0.05, 0.1) is 12.8 Å². The standard InChI is InChI=1S/C19H18N2O2S/c1-13-4-6-14(7-5-13)17-12-24-19(20-17)21(2)18(22)15-8-10-16(23-3)11-9-15/h4-12H,1-3H3. The van der Waals surface area contributed by atoms with Crippen LogP contribution >= 0.6 is 11.3 Å². The summed E-state index contributed by atoms with van der Waals surface area (Å²) in [5, 5.41) is 2.64. The van der Waals surface area contributed by atoms with E-state index >= 15 is 0 Å². The second kappa shape index (κ2) is 6.84. The Hall–Kier alpha value is -2.66. The van der Waals surface area contributed by atoms with Crippen LogP contribution in [0.3, 0.4) is 0 Å². The first-order valence-electron chi connectivity index (χ1n) is 7.53. The van der Waals surface area contributed by atoms with Crippen molar-refractivity contribution in [2.24, 2.45) is 0 Å². The Bertz CT molecular complexity index is 839. The van der Waals surface area contributed by atoms with Crippen LogP contribution in [0, 0.1) is 6.92 Å². The smallest absolute Gasteiger partial charge is 0.259 e. The molecular formula is C19H18N2O2S. The fourth-order valence-corrected chi connectivity index (χ4v) is 3.09. The van der Waals surface area contributed by atoms with E-state index in [0.717, 1.165) is 17.0 Å². The normalized spacial score (nSPS) is 10.5. The van der Waals surface area contributed by atoms with Crippen LogP contribution in [0.25, 0.3) is 11.3 Å². The Morgan fingerprint density at radius 1 is 1.08 bits per heavy atom. The molecule has 1 aromatic heterocycles. The summed E-state index contributed by atoms with van der Waals surface area (Å²) < 4.78 is 5.12. The molecule has 0 atom stereocenters. The summed E-state index contributed by atoms with van der Waals surface area (Å²) in [5.41, 5.74) is 3.74. The summed E-state index contributed by atoms with van der Waals surface area (Å²) in [6.45, 7) is 2.05. The molecule has 0 radical (unpaired) electrons. The van der Waals surface area contributed by atoms with E-state index in [-0.39, 0.29) is 5.91 Å². The summed E-state index contributed by atoms with van der Waals surface area (Å²) in [7, 11) is 3.34. The minimum atomic E-state index is -0.0949. The molecule has 1 heterocycles. The molecule has 0 unspecified atom stereocenters. The van der Waals surface area contributed by atoms with Gasteiger partial charge in [0.2, 0.25) is 0 Å². The van der Waals surface area contributed by atoms with Gasteiger partial charge in [0, 0.05) is 23.6 Å². The molecule has 1 amide bonds. The predicted molar refractivity (Wildman–Crippen MR) is 98.0 cm³/mol.